The molecule has 1 heterocycles. The Morgan fingerprint density at radius 2 is 1.59 bits per heavy atom. The minimum absolute atomic E-state index is 0.0707. The molecule has 8 heteroatoms. The maximum atomic E-state index is 13.3. The van der Waals surface area contributed by atoms with Crippen molar-refractivity contribution in [3.05, 3.63) is 76.4 Å². The van der Waals surface area contributed by atoms with Crippen LogP contribution in [0.3, 0.4) is 0 Å². The largest absolute Gasteiger partial charge is 0.322 e. The van der Waals surface area contributed by atoms with Gasteiger partial charge in [0.2, 0.25) is 11.8 Å². The van der Waals surface area contributed by atoms with Gasteiger partial charge in [0, 0.05) is 23.4 Å². The quantitative estimate of drug-likeness (QED) is 0.347. The summed E-state index contributed by atoms with van der Waals surface area (Å²) >= 11 is 0. The second-order valence-electron chi connectivity index (χ2n) is 8.97. The maximum Gasteiger partial charge on any atom is 0.269 e. The van der Waals surface area contributed by atoms with Gasteiger partial charge >= 0.3 is 0 Å². The number of nitro benzene ring substituents is 1. The zero-order valence-corrected chi connectivity index (χ0v) is 16.9. The van der Waals surface area contributed by atoms with Gasteiger partial charge in [-0.25, -0.2) is 4.90 Å². The van der Waals surface area contributed by atoms with E-state index in [1.165, 1.54) is 29.2 Å². The molecule has 2 aromatic rings. The van der Waals surface area contributed by atoms with Crippen molar-refractivity contribution in [3.63, 3.8) is 0 Å². The number of imide groups is 1. The summed E-state index contributed by atoms with van der Waals surface area (Å²) in [6.07, 6.45) is 5.36. The summed E-state index contributed by atoms with van der Waals surface area (Å²) < 4.78 is 0. The van der Waals surface area contributed by atoms with Gasteiger partial charge in [-0.05, 0) is 60.4 Å². The van der Waals surface area contributed by atoms with Crippen LogP contribution >= 0.6 is 0 Å². The fourth-order valence-corrected chi connectivity index (χ4v) is 5.87. The molecule has 1 N–H and O–H groups in total. The number of hydrogen-bond donors (Lipinski definition) is 1. The first-order valence-corrected chi connectivity index (χ1v) is 10.7. The molecule has 3 fully saturated rings. The number of carbonyl (C=O) groups is 3. The van der Waals surface area contributed by atoms with Crippen LogP contribution in [0.25, 0.3) is 0 Å². The van der Waals surface area contributed by atoms with Gasteiger partial charge in [0.25, 0.3) is 11.6 Å². The molecular weight excluding hydrogens is 410 g/mol. The number of anilines is 2. The molecule has 6 atom stereocenters. The van der Waals surface area contributed by atoms with Crippen LogP contribution in [0.15, 0.2) is 60.7 Å². The lowest BCUT2D eigenvalue weighted by Crippen LogP contribution is -2.40. The lowest BCUT2D eigenvalue weighted by molar-refractivity contribution is -0.384. The Morgan fingerprint density at radius 3 is 2.19 bits per heavy atom. The normalized spacial score (nSPS) is 31.3. The second-order valence-corrected chi connectivity index (χ2v) is 8.97. The summed E-state index contributed by atoms with van der Waals surface area (Å²) in [6, 6.07) is 12.0. The van der Waals surface area contributed by atoms with Crippen molar-refractivity contribution in [2.45, 2.75) is 6.42 Å². The average Bonchev–Trinajstić information content (AvgIpc) is 3.57. The summed E-state index contributed by atoms with van der Waals surface area (Å²) in [6.45, 7) is 0. The maximum absolute atomic E-state index is 13.3. The van der Waals surface area contributed by atoms with Crippen LogP contribution in [0, 0.1) is 45.6 Å². The predicted molar refractivity (Wildman–Crippen MR) is 115 cm³/mol. The molecule has 2 aromatic carbocycles. The molecule has 3 amide bonds. The number of allylic oxidation sites excluding steroid dienone is 2. The van der Waals surface area contributed by atoms with E-state index in [4.69, 9.17) is 0 Å². The van der Waals surface area contributed by atoms with Crippen molar-refractivity contribution >= 4 is 34.8 Å². The Bertz CT molecular complexity index is 1180. The summed E-state index contributed by atoms with van der Waals surface area (Å²) in [5, 5.41) is 13.5. The van der Waals surface area contributed by atoms with Gasteiger partial charge in [-0.15, -0.1) is 0 Å². The highest BCUT2D eigenvalue weighted by Crippen LogP contribution is 2.65. The summed E-state index contributed by atoms with van der Waals surface area (Å²) in [7, 11) is 0. The highest BCUT2D eigenvalue weighted by molar-refractivity contribution is 6.23. The fourth-order valence-electron chi connectivity index (χ4n) is 5.87. The van der Waals surface area contributed by atoms with Crippen molar-refractivity contribution in [1.29, 1.82) is 0 Å². The highest BCUT2D eigenvalue weighted by Gasteiger charge is 2.67. The van der Waals surface area contributed by atoms with E-state index in [1.54, 1.807) is 24.3 Å². The zero-order chi connectivity index (χ0) is 22.1. The Morgan fingerprint density at radius 1 is 0.969 bits per heavy atom. The fraction of sp³-hybridized carbons (Fsp3) is 0.292. The van der Waals surface area contributed by atoms with E-state index in [9.17, 15) is 24.5 Å². The van der Waals surface area contributed by atoms with Crippen LogP contribution in [0.5, 0.6) is 0 Å². The molecule has 0 radical (unpaired) electrons. The van der Waals surface area contributed by atoms with Gasteiger partial charge < -0.3 is 5.32 Å². The zero-order valence-electron chi connectivity index (χ0n) is 16.9. The summed E-state index contributed by atoms with van der Waals surface area (Å²) in [5.41, 5.74) is 1.03. The number of carbonyl (C=O) groups excluding carboxylic acids is 3. The Labute approximate surface area is 183 Å². The first kappa shape index (κ1) is 18.9. The van der Waals surface area contributed by atoms with Gasteiger partial charge in [-0.1, -0.05) is 18.2 Å². The molecule has 0 unspecified atom stereocenters. The first-order chi connectivity index (χ1) is 15.4. The average molecular weight is 429 g/mol. The van der Waals surface area contributed by atoms with Crippen molar-refractivity contribution in [3.8, 4) is 0 Å². The lowest BCUT2D eigenvalue weighted by atomic mass is 9.63. The number of nitrogens with zero attached hydrogens (tertiary/aromatic N) is 2. The van der Waals surface area contributed by atoms with E-state index in [-0.39, 0.29) is 41.2 Å². The molecule has 32 heavy (non-hydrogen) atoms. The Kier molecular flexibility index (Phi) is 3.90. The number of nitro groups is 1. The molecule has 2 saturated carbocycles. The van der Waals surface area contributed by atoms with Gasteiger partial charge in [0.1, 0.15) is 0 Å². The van der Waals surface area contributed by atoms with E-state index in [2.05, 4.69) is 17.5 Å². The monoisotopic (exact) mass is 429 g/mol. The minimum Gasteiger partial charge on any atom is -0.322 e. The smallest absolute Gasteiger partial charge is 0.269 e. The van der Waals surface area contributed by atoms with E-state index < -0.39 is 10.8 Å². The molecule has 160 valence electrons. The number of nitrogens with one attached hydrogen (secondary N) is 1. The number of non-ortho nitro benzene ring substituents is 1. The van der Waals surface area contributed by atoms with E-state index in [1.807, 2.05) is 0 Å². The standard InChI is InChI=1S/C24H19N3O5/c28-22(25-13-4-6-14(7-5-13)27(31)32)12-2-1-3-15(10-12)26-23(29)20-16-8-9-17(19-11-18(16)19)21(20)24(26)30/h1-10,16-21H,11H2,(H,25,28)/t16-,17+,18-,19-,20+,21+/m1/s1. The van der Waals surface area contributed by atoms with Crippen LogP contribution in [0.1, 0.15) is 16.8 Å². The summed E-state index contributed by atoms with van der Waals surface area (Å²) in [4.78, 5) is 50.8. The SMILES string of the molecule is O=C(Nc1ccc([N+](=O)[O-])cc1)c1cccc(N2C(=O)[C@H]3[C@@H]4C=C[C@@H]([C@H]5C[C@H]45)[C@@H]3C2=O)c1. The number of amides is 3. The molecule has 4 aliphatic carbocycles. The molecule has 5 aliphatic rings. The molecule has 1 aliphatic heterocycles. The Hall–Kier alpha value is -3.81. The predicted octanol–water partition coefficient (Wildman–Crippen LogP) is 3.40. The molecular formula is C24H19N3O5. The minimum atomic E-state index is -0.512. The van der Waals surface area contributed by atoms with Crippen molar-refractivity contribution < 1.29 is 19.3 Å². The molecule has 1 saturated heterocycles. The van der Waals surface area contributed by atoms with Gasteiger partial charge in [-0.3, -0.25) is 24.5 Å². The third-order valence-electron chi connectivity index (χ3n) is 7.37. The molecule has 0 spiro atoms. The van der Waals surface area contributed by atoms with Crippen LogP contribution in [-0.4, -0.2) is 22.6 Å². The Balaban J connectivity index is 1.25. The van der Waals surface area contributed by atoms with E-state index >= 15 is 0 Å². The molecule has 8 nitrogen and oxygen atoms in total. The van der Waals surface area contributed by atoms with Gasteiger partial charge in [-0.2, -0.15) is 0 Å². The van der Waals surface area contributed by atoms with Crippen molar-refractivity contribution in [2.24, 2.45) is 35.5 Å². The van der Waals surface area contributed by atoms with E-state index in [0.717, 1.165) is 6.42 Å². The number of benzene rings is 2. The number of rotatable bonds is 4. The molecule has 7 rings (SSSR count). The van der Waals surface area contributed by atoms with Gasteiger partial charge in [0.05, 0.1) is 22.4 Å². The van der Waals surface area contributed by atoms with Crippen LogP contribution < -0.4 is 10.2 Å². The number of hydrogen-bond acceptors (Lipinski definition) is 5. The molecule has 2 bridgehead atoms. The summed E-state index contributed by atoms with van der Waals surface area (Å²) in [5.74, 6) is -0.00760. The van der Waals surface area contributed by atoms with Crippen LogP contribution in [0.2, 0.25) is 0 Å². The second kappa shape index (κ2) is 6.59. The van der Waals surface area contributed by atoms with E-state index in [0.29, 0.717) is 28.8 Å². The topological polar surface area (TPSA) is 110 Å². The van der Waals surface area contributed by atoms with Crippen molar-refractivity contribution in [2.75, 3.05) is 10.2 Å². The first-order valence-electron chi connectivity index (χ1n) is 10.7. The third-order valence-corrected chi connectivity index (χ3v) is 7.37. The lowest BCUT2D eigenvalue weighted by Gasteiger charge is -2.37. The third kappa shape index (κ3) is 2.65. The van der Waals surface area contributed by atoms with Gasteiger partial charge in [0.15, 0.2) is 0 Å². The van der Waals surface area contributed by atoms with Crippen LogP contribution in [-0.2, 0) is 9.59 Å². The van der Waals surface area contributed by atoms with Crippen molar-refractivity contribution in [1.82, 2.24) is 0 Å². The molecule has 0 aromatic heterocycles. The van der Waals surface area contributed by atoms with Crippen LogP contribution in [0.4, 0.5) is 17.1 Å². The highest BCUT2D eigenvalue weighted by atomic mass is 16.6.